The summed E-state index contributed by atoms with van der Waals surface area (Å²) >= 11 is 0. The zero-order chi connectivity index (χ0) is 23.7. The molecule has 0 aliphatic carbocycles. The molecule has 0 bridgehead atoms. The molecule has 172 valence electrons. The summed E-state index contributed by atoms with van der Waals surface area (Å²) in [7, 11) is 0. The second-order valence-electron chi connectivity index (χ2n) is 9.36. The van der Waals surface area contributed by atoms with Gasteiger partial charge in [0.15, 0.2) is 0 Å². The summed E-state index contributed by atoms with van der Waals surface area (Å²) < 4.78 is 1.89. The molecule has 0 amide bonds. The van der Waals surface area contributed by atoms with E-state index >= 15 is 0 Å². The van der Waals surface area contributed by atoms with Gasteiger partial charge in [0.25, 0.3) is 5.56 Å². The molecular formula is C30H31N3O. The number of fused-ring (bicyclic) bond motifs is 1. The van der Waals surface area contributed by atoms with Crippen LogP contribution in [-0.2, 0) is 19.5 Å². The molecule has 0 saturated carbocycles. The van der Waals surface area contributed by atoms with Gasteiger partial charge in [0.2, 0.25) is 0 Å². The fourth-order valence-electron chi connectivity index (χ4n) is 5.03. The summed E-state index contributed by atoms with van der Waals surface area (Å²) in [4.78, 5) is 21.3. The Kier molecular flexibility index (Phi) is 6.16. The summed E-state index contributed by atoms with van der Waals surface area (Å²) in [6, 6.07) is 27.0. The van der Waals surface area contributed by atoms with Crippen molar-refractivity contribution < 1.29 is 0 Å². The van der Waals surface area contributed by atoms with Gasteiger partial charge in [-0.3, -0.25) is 14.3 Å². The highest BCUT2D eigenvalue weighted by Crippen LogP contribution is 2.27. The number of aromatic nitrogens is 2. The van der Waals surface area contributed by atoms with Crippen LogP contribution in [0.5, 0.6) is 0 Å². The first-order valence-corrected chi connectivity index (χ1v) is 12.0. The van der Waals surface area contributed by atoms with Crippen LogP contribution in [0, 0.1) is 20.8 Å². The first kappa shape index (κ1) is 22.3. The number of nitrogens with zero attached hydrogens (tertiary/aromatic N) is 3. The third-order valence-corrected chi connectivity index (χ3v) is 6.98. The molecule has 0 spiro atoms. The van der Waals surface area contributed by atoms with Crippen LogP contribution in [0.4, 0.5) is 0 Å². The highest BCUT2D eigenvalue weighted by molar-refractivity contribution is 5.35. The first-order valence-electron chi connectivity index (χ1n) is 12.0. The van der Waals surface area contributed by atoms with E-state index in [4.69, 9.17) is 4.98 Å². The van der Waals surface area contributed by atoms with Crippen molar-refractivity contribution in [2.75, 3.05) is 6.54 Å². The van der Waals surface area contributed by atoms with Crippen LogP contribution < -0.4 is 5.56 Å². The molecule has 4 nitrogen and oxygen atoms in total. The molecule has 0 radical (unpaired) electrons. The van der Waals surface area contributed by atoms with Gasteiger partial charge in [-0.2, -0.15) is 0 Å². The summed E-state index contributed by atoms with van der Waals surface area (Å²) in [5.74, 6) is 0.768. The maximum Gasteiger partial charge on any atom is 0.259 e. The van der Waals surface area contributed by atoms with Crippen LogP contribution in [0.25, 0.3) is 0 Å². The average molecular weight is 450 g/mol. The smallest absolute Gasteiger partial charge is 0.259 e. The van der Waals surface area contributed by atoms with Crippen molar-refractivity contribution in [2.24, 2.45) is 0 Å². The third-order valence-electron chi connectivity index (χ3n) is 6.98. The van der Waals surface area contributed by atoms with E-state index in [-0.39, 0.29) is 11.6 Å². The Bertz CT molecular complexity index is 1320. The van der Waals surface area contributed by atoms with E-state index in [2.05, 4.69) is 61.2 Å². The van der Waals surface area contributed by atoms with Gasteiger partial charge in [0.05, 0.1) is 17.3 Å². The van der Waals surface area contributed by atoms with E-state index in [1.54, 1.807) is 0 Å². The number of benzene rings is 3. The fourth-order valence-corrected chi connectivity index (χ4v) is 5.03. The van der Waals surface area contributed by atoms with Gasteiger partial charge in [-0.1, -0.05) is 78.9 Å². The molecule has 1 aliphatic heterocycles. The summed E-state index contributed by atoms with van der Waals surface area (Å²) in [5.41, 5.74) is 7.94. The molecule has 1 aliphatic rings. The minimum absolute atomic E-state index is 0.0741. The molecule has 0 fully saturated rings. The molecule has 0 N–H and O–H groups in total. The Morgan fingerprint density at radius 3 is 2.12 bits per heavy atom. The van der Waals surface area contributed by atoms with E-state index in [0.29, 0.717) is 6.54 Å². The quantitative estimate of drug-likeness (QED) is 0.411. The zero-order valence-corrected chi connectivity index (χ0v) is 20.2. The van der Waals surface area contributed by atoms with Gasteiger partial charge in [-0.15, -0.1) is 0 Å². The maximum atomic E-state index is 14.0. The van der Waals surface area contributed by atoms with E-state index in [1.165, 1.54) is 16.7 Å². The average Bonchev–Trinajstić information content (AvgIpc) is 2.85. The molecular weight excluding hydrogens is 418 g/mol. The molecule has 4 heteroatoms. The third kappa shape index (κ3) is 4.34. The minimum atomic E-state index is -0.206. The summed E-state index contributed by atoms with van der Waals surface area (Å²) in [6.45, 7) is 8.64. The predicted molar refractivity (Wildman–Crippen MR) is 137 cm³/mol. The van der Waals surface area contributed by atoms with Crippen LogP contribution in [0.2, 0.25) is 0 Å². The lowest BCUT2D eigenvalue weighted by atomic mass is 9.97. The number of hydrogen-bond acceptors (Lipinski definition) is 3. The Morgan fingerprint density at radius 1 is 0.853 bits per heavy atom. The lowest BCUT2D eigenvalue weighted by Crippen LogP contribution is -2.40. The van der Waals surface area contributed by atoms with Crippen molar-refractivity contribution in [1.82, 2.24) is 14.5 Å². The number of hydrogen-bond donors (Lipinski definition) is 0. The predicted octanol–water partition coefficient (Wildman–Crippen LogP) is 5.36. The molecule has 34 heavy (non-hydrogen) atoms. The standard InChI is InChI=1S/C30H31N3O/c1-21-14-15-24(18-22(21)2)19-32-17-16-28-27(20-32)30(34)33(23(3)31-28)29(25-10-6-4-7-11-25)26-12-8-5-9-13-26/h4-15,18,29H,16-17,19-20H2,1-3H3. The van der Waals surface area contributed by atoms with Gasteiger partial charge in [-0.25, -0.2) is 4.98 Å². The normalized spacial score (nSPS) is 13.8. The van der Waals surface area contributed by atoms with Crippen LogP contribution in [-0.4, -0.2) is 21.0 Å². The largest absolute Gasteiger partial charge is 0.294 e. The summed E-state index contributed by atoms with van der Waals surface area (Å²) in [5, 5.41) is 0. The van der Waals surface area contributed by atoms with Crippen molar-refractivity contribution >= 4 is 0 Å². The Morgan fingerprint density at radius 2 is 1.50 bits per heavy atom. The highest BCUT2D eigenvalue weighted by Gasteiger charge is 2.27. The van der Waals surface area contributed by atoms with E-state index in [1.807, 2.05) is 47.9 Å². The van der Waals surface area contributed by atoms with Crippen LogP contribution in [0.1, 0.15) is 50.9 Å². The van der Waals surface area contributed by atoms with Crippen LogP contribution in [0.3, 0.4) is 0 Å². The van der Waals surface area contributed by atoms with Crippen molar-refractivity contribution in [1.29, 1.82) is 0 Å². The molecule has 3 aromatic carbocycles. The maximum absolute atomic E-state index is 14.0. The Labute approximate surface area is 201 Å². The monoisotopic (exact) mass is 449 g/mol. The van der Waals surface area contributed by atoms with Crippen molar-refractivity contribution in [2.45, 2.75) is 46.3 Å². The second kappa shape index (κ2) is 9.40. The number of rotatable bonds is 5. The molecule has 2 heterocycles. The molecule has 4 aromatic rings. The SMILES string of the molecule is Cc1ccc(CN2CCc3nc(C)n(C(c4ccccc4)c4ccccc4)c(=O)c3C2)cc1C. The van der Waals surface area contributed by atoms with Crippen LogP contribution in [0.15, 0.2) is 83.7 Å². The topological polar surface area (TPSA) is 38.1 Å². The van der Waals surface area contributed by atoms with Gasteiger partial charge in [0, 0.05) is 26.1 Å². The number of aryl methyl sites for hydroxylation is 3. The molecule has 1 aromatic heterocycles. The first-order chi connectivity index (χ1) is 16.5. The van der Waals surface area contributed by atoms with E-state index in [0.717, 1.165) is 47.7 Å². The van der Waals surface area contributed by atoms with Crippen LogP contribution >= 0.6 is 0 Å². The zero-order valence-electron chi connectivity index (χ0n) is 20.2. The van der Waals surface area contributed by atoms with E-state index in [9.17, 15) is 4.79 Å². The van der Waals surface area contributed by atoms with Gasteiger partial charge < -0.3 is 0 Å². The van der Waals surface area contributed by atoms with E-state index < -0.39 is 0 Å². The highest BCUT2D eigenvalue weighted by atomic mass is 16.1. The molecule has 0 unspecified atom stereocenters. The fraction of sp³-hybridized carbons (Fsp3) is 0.267. The Balaban J connectivity index is 1.54. The lowest BCUT2D eigenvalue weighted by Gasteiger charge is -2.30. The Hall–Kier alpha value is -3.50. The van der Waals surface area contributed by atoms with Crippen molar-refractivity contribution in [3.8, 4) is 0 Å². The van der Waals surface area contributed by atoms with Crippen molar-refractivity contribution in [3.63, 3.8) is 0 Å². The molecule has 0 saturated heterocycles. The van der Waals surface area contributed by atoms with Crippen molar-refractivity contribution in [3.05, 3.63) is 134 Å². The minimum Gasteiger partial charge on any atom is -0.294 e. The van der Waals surface area contributed by atoms with Gasteiger partial charge >= 0.3 is 0 Å². The molecule has 0 atom stereocenters. The van der Waals surface area contributed by atoms with Gasteiger partial charge in [0.1, 0.15) is 5.82 Å². The second-order valence-corrected chi connectivity index (χ2v) is 9.36. The summed E-state index contributed by atoms with van der Waals surface area (Å²) in [6.07, 6.45) is 0.804. The molecule has 5 rings (SSSR count). The van der Waals surface area contributed by atoms with Gasteiger partial charge in [-0.05, 0) is 48.6 Å². The lowest BCUT2D eigenvalue weighted by molar-refractivity contribution is 0.240.